The summed E-state index contributed by atoms with van der Waals surface area (Å²) in [6.45, 7) is 2.29. The van der Waals surface area contributed by atoms with Gasteiger partial charge in [0.2, 0.25) is 5.78 Å². The number of aliphatic hydroxyl groups is 1. The Balaban J connectivity index is 1.99. The van der Waals surface area contributed by atoms with Gasteiger partial charge < -0.3 is 19.7 Å². The minimum absolute atomic E-state index is 0.0349. The summed E-state index contributed by atoms with van der Waals surface area (Å²) in [5.41, 5.74) is 2.87. The zero-order chi connectivity index (χ0) is 18.7. The number of hydrogen-bond acceptors (Lipinski definition) is 5. The molecule has 3 N–H and O–H groups in total. The van der Waals surface area contributed by atoms with Crippen LogP contribution in [0.3, 0.4) is 0 Å². The van der Waals surface area contributed by atoms with Crippen molar-refractivity contribution < 1.29 is 24.3 Å². The maximum Gasteiger partial charge on any atom is 0.347 e. The Bertz CT molecular complexity index is 910. The van der Waals surface area contributed by atoms with Crippen LogP contribution >= 0.6 is 0 Å². The van der Waals surface area contributed by atoms with Crippen LogP contribution in [0.15, 0.2) is 41.4 Å². The summed E-state index contributed by atoms with van der Waals surface area (Å²) in [7, 11) is 1.83. The highest BCUT2D eigenvalue weighted by atomic mass is 16.5. The van der Waals surface area contributed by atoms with Gasteiger partial charge in [-0.3, -0.25) is 4.79 Å². The second-order valence-electron chi connectivity index (χ2n) is 6.15. The first-order valence-corrected chi connectivity index (χ1v) is 8.58. The molecule has 3 rings (SSSR count). The third-order valence-electron chi connectivity index (χ3n) is 4.48. The van der Waals surface area contributed by atoms with Crippen LogP contribution in [-0.2, 0) is 14.3 Å². The first-order valence-electron chi connectivity index (χ1n) is 8.58. The molecule has 26 heavy (non-hydrogen) atoms. The summed E-state index contributed by atoms with van der Waals surface area (Å²) < 4.78 is 5.07. The Hall–Kier alpha value is -2.77. The number of H-pyrrole nitrogens is 1. The number of nitrogens with zero attached hydrogens (tertiary/aromatic N) is 1. The zero-order valence-corrected chi connectivity index (χ0v) is 14.8. The lowest BCUT2D eigenvalue weighted by Crippen LogP contribution is -3.07. The van der Waals surface area contributed by atoms with Crippen LogP contribution < -0.4 is 4.90 Å². The minimum atomic E-state index is -0.603. The van der Waals surface area contributed by atoms with Crippen molar-refractivity contribution in [2.24, 2.45) is 0 Å². The molecular formula is C19H22N3O4+. The monoisotopic (exact) mass is 356 g/mol. The standard InChI is InChI=1S/C19H21N3O4/c1-3-26-19(25)16-15(22(2)7-8-23)10-12(17(16)24)9-13-11-21-18-14(13)5-4-6-20-18/h4-6,9,11,23H,3,7-8,10H2,1-2H3,(H,20,21)/p+1. The van der Waals surface area contributed by atoms with Gasteiger partial charge in [-0.05, 0) is 25.1 Å². The van der Waals surface area contributed by atoms with Gasteiger partial charge in [0.15, 0.2) is 5.57 Å². The first kappa shape index (κ1) is 18.0. The van der Waals surface area contributed by atoms with Crippen LogP contribution in [0.2, 0.25) is 0 Å². The molecule has 1 unspecified atom stereocenters. The summed E-state index contributed by atoms with van der Waals surface area (Å²) in [6, 6.07) is 3.76. The third kappa shape index (κ3) is 3.31. The lowest BCUT2D eigenvalue weighted by atomic mass is 10.1. The van der Waals surface area contributed by atoms with Crippen LogP contribution in [0.5, 0.6) is 0 Å². The zero-order valence-electron chi connectivity index (χ0n) is 14.8. The number of likely N-dealkylation sites (N-methyl/N-ethyl adjacent to an activating group) is 1. The highest BCUT2D eigenvalue weighted by molar-refractivity contribution is 6.28. The number of aliphatic hydroxyl groups excluding tert-OH is 1. The van der Waals surface area contributed by atoms with Crippen LogP contribution in [-0.4, -0.2) is 53.6 Å². The van der Waals surface area contributed by atoms with Gasteiger partial charge >= 0.3 is 5.97 Å². The van der Waals surface area contributed by atoms with Crippen molar-refractivity contribution in [3.63, 3.8) is 0 Å². The quantitative estimate of drug-likeness (QED) is 0.392. The molecule has 7 nitrogen and oxygen atoms in total. The molecule has 0 aromatic carbocycles. The molecule has 0 fully saturated rings. The van der Waals surface area contributed by atoms with E-state index in [-0.39, 0.29) is 24.6 Å². The molecule has 0 amide bonds. The summed E-state index contributed by atoms with van der Waals surface area (Å²) >= 11 is 0. The van der Waals surface area contributed by atoms with Crippen molar-refractivity contribution in [1.29, 1.82) is 0 Å². The highest BCUT2D eigenvalue weighted by Crippen LogP contribution is 2.29. The number of pyridine rings is 1. The lowest BCUT2D eigenvalue weighted by molar-refractivity contribution is -0.840. The summed E-state index contributed by atoms with van der Waals surface area (Å²) in [4.78, 5) is 33.3. The average molecular weight is 356 g/mol. The second kappa shape index (κ2) is 7.63. The van der Waals surface area contributed by atoms with E-state index in [4.69, 9.17) is 4.74 Å². The topological polar surface area (TPSA) is 96.7 Å². The van der Waals surface area contributed by atoms with Gasteiger partial charge in [0.05, 0.1) is 26.7 Å². The number of ether oxygens (including phenoxy) is 1. The van der Waals surface area contributed by atoms with E-state index in [0.717, 1.165) is 21.5 Å². The molecule has 1 aliphatic rings. The number of allylic oxidation sites excluding steroid dienone is 1. The molecule has 136 valence electrons. The van der Waals surface area contributed by atoms with Gasteiger partial charge in [-0.15, -0.1) is 0 Å². The number of aromatic nitrogens is 2. The predicted octanol–water partition coefficient (Wildman–Crippen LogP) is 0.243. The van der Waals surface area contributed by atoms with E-state index in [9.17, 15) is 14.7 Å². The van der Waals surface area contributed by atoms with Crippen LogP contribution in [0.1, 0.15) is 18.9 Å². The van der Waals surface area contributed by atoms with Crippen LogP contribution in [0.25, 0.3) is 17.1 Å². The fraction of sp³-hybridized carbons (Fsp3) is 0.316. The van der Waals surface area contributed by atoms with Crippen molar-refractivity contribution in [2.75, 3.05) is 26.8 Å². The van der Waals surface area contributed by atoms with Crippen molar-refractivity contribution in [3.8, 4) is 0 Å². The van der Waals surface area contributed by atoms with Gasteiger partial charge in [0, 0.05) is 28.9 Å². The molecule has 0 aliphatic heterocycles. The molecule has 0 saturated heterocycles. The average Bonchev–Trinajstić information content (AvgIpc) is 3.18. The number of rotatable bonds is 6. The molecule has 0 spiro atoms. The molecule has 0 bridgehead atoms. The van der Waals surface area contributed by atoms with Gasteiger partial charge in [-0.25, -0.2) is 9.78 Å². The Kier molecular flexibility index (Phi) is 5.29. The predicted molar refractivity (Wildman–Crippen MR) is 96.2 cm³/mol. The van der Waals surface area contributed by atoms with Crippen LogP contribution in [0, 0.1) is 0 Å². The molecule has 2 heterocycles. The Morgan fingerprint density at radius 1 is 1.50 bits per heavy atom. The number of esters is 1. The van der Waals surface area contributed by atoms with E-state index in [2.05, 4.69) is 9.97 Å². The largest absolute Gasteiger partial charge is 0.462 e. The molecule has 0 saturated carbocycles. The van der Waals surface area contributed by atoms with Crippen molar-refractivity contribution in [1.82, 2.24) is 9.97 Å². The normalized spacial score (nSPS) is 17.3. The summed E-state index contributed by atoms with van der Waals surface area (Å²) in [6.07, 6.45) is 5.64. The fourth-order valence-corrected chi connectivity index (χ4v) is 3.16. The molecule has 7 heteroatoms. The Morgan fingerprint density at radius 3 is 3.04 bits per heavy atom. The lowest BCUT2D eigenvalue weighted by Gasteiger charge is -2.13. The first-order chi connectivity index (χ1) is 12.6. The molecule has 1 aliphatic carbocycles. The van der Waals surface area contributed by atoms with Gasteiger partial charge in [0.1, 0.15) is 17.9 Å². The SMILES string of the molecule is CCOC(=O)C1=C([NH+](C)CCO)CC(=Cc2c[nH]c3ncccc23)C1=O. The Labute approximate surface area is 151 Å². The maximum absolute atomic E-state index is 12.9. The van der Waals surface area contributed by atoms with E-state index in [0.29, 0.717) is 24.2 Å². The van der Waals surface area contributed by atoms with Gasteiger partial charge in [0.25, 0.3) is 0 Å². The van der Waals surface area contributed by atoms with Gasteiger partial charge in [-0.1, -0.05) is 0 Å². The van der Waals surface area contributed by atoms with E-state index in [1.165, 1.54) is 0 Å². The maximum atomic E-state index is 12.9. The number of ketones is 1. The highest BCUT2D eigenvalue weighted by Gasteiger charge is 2.38. The molecule has 2 aromatic heterocycles. The van der Waals surface area contributed by atoms with Crippen molar-refractivity contribution in [3.05, 3.63) is 46.9 Å². The number of quaternary nitrogens is 1. The smallest absolute Gasteiger partial charge is 0.347 e. The number of carbonyl (C=O) groups is 2. The molecule has 0 radical (unpaired) electrons. The van der Waals surface area contributed by atoms with E-state index in [1.54, 1.807) is 25.4 Å². The Morgan fingerprint density at radius 2 is 2.31 bits per heavy atom. The minimum Gasteiger partial charge on any atom is -0.462 e. The number of nitrogens with one attached hydrogen (secondary N) is 2. The molecule has 1 atom stereocenters. The fourth-order valence-electron chi connectivity index (χ4n) is 3.16. The number of carbonyl (C=O) groups excluding carboxylic acids is 2. The number of fused-ring (bicyclic) bond motifs is 1. The third-order valence-corrected chi connectivity index (χ3v) is 4.48. The summed E-state index contributed by atoms with van der Waals surface area (Å²) in [5, 5.41) is 10.1. The molecular weight excluding hydrogens is 334 g/mol. The van der Waals surface area contributed by atoms with E-state index < -0.39 is 5.97 Å². The number of Topliss-reactive ketones (excluding diaryl/α,β-unsaturated/α-hetero) is 1. The molecule has 2 aromatic rings. The van der Waals surface area contributed by atoms with Gasteiger partial charge in [-0.2, -0.15) is 0 Å². The number of aromatic amines is 1. The second-order valence-corrected chi connectivity index (χ2v) is 6.15. The van der Waals surface area contributed by atoms with E-state index in [1.807, 2.05) is 19.2 Å². The van der Waals surface area contributed by atoms with Crippen molar-refractivity contribution >= 4 is 28.9 Å². The van der Waals surface area contributed by atoms with Crippen LogP contribution in [0.4, 0.5) is 0 Å². The number of hydrogen-bond donors (Lipinski definition) is 3. The summed E-state index contributed by atoms with van der Waals surface area (Å²) in [5.74, 6) is -0.914. The van der Waals surface area contributed by atoms with E-state index >= 15 is 0 Å². The van der Waals surface area contributed by atoms with Crippen molar-refractivity contribution in [2.45, 2.75) is 13.3 Å².